The van der Waals surface area contributed by atoms with Gasteiger partial charge in [0.2, 0.25) is 0 Å². The van der Waals surface area contributed by atoms with Crippen molar-refractivity contribution in [3.63, 3.8) is 0 Å². The van der Waals surface area contributed by atoms with Gasteiger partial charge in [0.15, 0.2) is 11.5 Å². The second kappa shape index (κ2) is 5.53. The fourth-order valence-corrected chi connectivity index (χ4v) is 2.30. The Balaban J connectivity index is 1.98. The summed E-state index contributed by atoms with van der Waals surface area (Å²) in [5, 5.41) is 1.78. The molecule has 3 aromatic heterocycles. The fraction of sp³-hybridized carbons (Fsp3) is 0.294. The van der Waals surface area contributed by atoms with Crippen LogP contribution in [0.1, 0.15) is 19.5 Å². The van der Waals surface area contributed by atoms with Crippen molar-refractivity contribution in [2.75, 3.05) is 0 Å². The van der Waals surface area contributed by atoms with E-state index in [2.05, 4.69) is 15.0 Å². The number of fused-ring (bicyclic) bond motifs is 1. The van der Waals surface area contributed by atoms with Gasteiger partial charge in [0.1, 0.15) is 0 Å². The number of carbonyl (C=O) groups is 1. The van der Waals surface area contributed by atoms with Gasteiger partial charge < -0.3 is 4.57 Å². The molecular formula is C17H17FN4O. The standard InChI is InChI=1S/C17H17FN4O/c1-17(2,18)16(23)6-13-4-11-5-14(15-9-19-10-22(15)3)21-8-12(11)7-20-13/h4-5,7-10H,6H2,1-3H3. The van der Waals surface area contributed by atoms with Gasteiger partial charge in [-0.3, -0.25) is 14.8 Å². The van der Waals surface area contributed by atoms with Gasteiger partial charge in [-0.05, 0) is 31.4 Å². The molecule has 6 heteroatoms. The number of ketones is 1. The van der Waals surface area contributed by atoms with Gasteiger partial charge in [0, 0.05) is 30.5 Å². The summed E-state index contributed by atoms with van der Waals surface area (Å²) >= 11 is 0. The van der Waals surface area contributed by atoms with E-state index in [1.54, 1.807) is 31.0 Å². The number of Topliss-reactive ketones (excluding diaryl/α,β-unsaturated/α-hetero) is 1. The highest BCUT2D eigenvalue weighted by Crippen LogP contribution is 2.22. The predicted molar refractivity (Wildman–Crippen MR) is 85.6 cm³/mol. The van der Waals surface area contributed by atoms with E-state index in [1.165, 1.54) is 13.8 Å². The van der Waals surface area contributed by atoms with Crippen LogP contribution in [0.5, 0.6) is 0 Å². The van der Waals surface area contributed by atoms with Crippen molar-refractivity contribution in [1.82, 2.24) is 19.5 Å². The summed E-state index contributed by atoms with van der Waals surface area (Å²) in [5.74, 6) is -0.481. The second-order valence-corrected chi connectivity index (χ2v) is 6.05. The van der Waals surface area contributed by atoms with Crippen LogP contribution in [0.15, 0.2) is 37.1 Å². The number of hydrogen-bond acceptors (Lipinski definition) is 4. The molecule has 0 unspecified atom stereocenters. The summed E-state index contributed by atoms with van der Waals surface area (Å²) in [5.41, 5.74) is 0.378. The van der Waals surface area contributed by atoms with Crippen LogP contribution in [0, 0.1) is 0 Å². The number of hydrogen-bond donors (Lipinski definition) is 0. The topological polar surface area (TPSA) is 60.7 Å². The summed E-state index contributed by atoms with van der Waals surface area (Å²) in [7, 11) is 1.90. The summed E-state index contributed by atoms with van der Waals surface area (Å²) in [6.07, 6.45) is 6.81. The third-order valence-corrected chi connectivity index (χ3v) is 3.74. The predicted octanol–water partition coefficient (Wildman–Crippen LogP) is 2.89. The van der Waals surface area contributed by atoms with Gasteiger partial charge in [0.05, 0.1) is 30.3 Å². The molecule has 3 aromatic rings. The normalized spacial score (nSPS) is 11.8. The van der Waals surface area contributed by atoms with Crippen LogP contribution in [0.3, 0.4) is 0 Å². The Morgan fingerprint density at radius 1 is 1.17 bits per heavy atom. The average molecular weight is 312 g/mol. The molecule has 0 atom stereocenters. The van der Waals surface area contributed by atoms with Gasteiger partial charge in [-0.2, -0.15) is 0 Å². The van der Waals surface area contributed by atoms with E-state index >= 15 is 0 Å². The van der Waals surface area contributed by atoms with Crippen LogP contribution in [0.25, 0.3) is 22.2 Å². The quantitative estimate of drug-likeness (QED) is 0.743. The second-order valence-electron chi connectivity index (χ2n) is 6.05. The first-order valence-corrected chi connectivity index (χ1v) is 7.28. The summed E-state index contributed by atoms with van der Waals surface area (Å²) in [4.78, 5) is 24.6. The molecule has 118 valence electrons. The van der Waals surface area contributed by atoms with Crippen LogP contribution in [-0.2, 0) is 18.3 Å². The lowest BCUT2D eigenvalue weighted by molar-refractivity contribution is -0.127. The molecule has 5 nitrogen and oxygen atoms in total. The maximum Gasteiger partial charge on any atom is 0.175 e. The van der Waals surface area contributed by atoms with Gasteiger partial charge >= 0.3 is 0 Å². The maximum atomic E-state index is 13.7. The highest BCUT2D eigenvalue weighted by Gasteiger charge is 2.26. The van der Waals surface area contributed by atoms with Crippen molar-refractivity contribution >= 4 is 16.6 Å². The average Bonchev–Trinajstić information content (AvgIpc) is 2.91. The van der Waals surface area contributed by atoms with Crippen LogP contribution in [0.2, 0.25) is 0 Å². The Labute approximate surface area is 133 Å². The number of aromatic nitrogens is 4. The van der Waals surface area contributed by atoms with Crippen molar-refractivity contribution in [2.45, 2.75) is 25.9 Å². The first-order valence-electron chi connectivity index (χ1n) is 7.28. The van der Waals surface area contributed by atoms with Gasteiger partial charge in [-0.1, -0.05) is 0 Å². The van der Waals surface area contributed by atoms with E-state index in [1.807, 2.05) is 17.7 Å². The third-order valence-electron chi connectivity index (χ3n) is 3.74. The minimum Gasteiger partial charge on any atom is -0.332 e. The molecule has 0 aliphatic heterocycles. The molecule has 23 heavy (non-hydrogen) atoms. The molecule has 0 amide bonds. The summed E-state index contributed by atoms with van der Waals surface area (Å²) in [6.45, 7) is 2.53. The molecule has 0 fully saturated rings. The minimum atomic E-state index is -1.85. The Morgan fingerprint density at radius 3 is 2.57 bits per heavy atom. The highest BCUT2D eigenvalue weighted by molar-refractivity contribution is 5.89. The number of rotatable bonds is 4. The van der Waals surface area contributed by atoms with E-state index in [4.69, 9.17) is 0 Å². The Morgan fingerprint density at radius 2 is 1.91 bits per heavy atom. The zero-order valence-corrected chi connectivity index (χ0v) is 13.2. The number of pyridine rings is 2. The molecule has 0 N–H and O–H groups in total. The van der Waals surface area contributed by atoms with E-state index in [9.17, 15) is 9.18 Å². The zero-order chi connectivity index (χ0) is 16.6. The van der Waals surface area contributed by atoms with Crippen molar-refractivity contribution < 1.29 is 9.18 Å². The molecule has 3 heterocycles. The highest BCUT2D eigenvalue weighted by atomic mass is 19.1. The zero-order valence-electron chi connectivity index (χ0n) is 13.2. The molecule has 0 spiro atoms. The van der Waals surface area contributed by atoms with Crippen LogP contribution in [0.4, 0.5) is 4.39 Å². The largest absolute Gasteiger partial charge is 0.332 e. The molecule has 0 radical (unpaired) electrons. The lowest BCUT2D eigenvalue weighted by Crippen LogP contribution is -2.27. The monoisotopic (exact) mass is 312 g/mol. The number of halogens is 1. The summed E-state index contributed by atoms with van der Waals surface area (Å²) in [6, 6.07) is 3.73. The molecule has 0 bridgehead atoms. The van der Waals surface area contributed by atoms with E-state index in [0.29, 0.717) is 5.69 Å². The van der Waals surface area contributed by atoms with Gasteiger partial charge in [-0.25, -0.2) is 9.37 Å². The van der Waals surface area contributed by atoms with Crippen molar-refractivity contribution in [1.29, 1.82) is 0 Å². The molecule has 3 rings (SSSR count). The van der Waals surface area contributed by atoms with E-state index in [0.717, 1.165) is 22.2 Å². The third kappa shape index (κ3) is 3.11. The molecule has 0 aliphatic rings. The molecule has 0 saturated heterocycles. The lowest BCUT2D eigenvalue weighted by atomic mass is 10.0. The summed E-state index contributed by atoms with van der Waals surface area (Å²) < 4.78 is 15.6. The number of aryl methyl sites for hydroxylation is 1. The van der Waals surface area contributed by atoms with Gasteiger partial charge in [-0.15, -0.1) is 0 Å². The van der Waals surface area contributed by atoms with Crippen LogP contribution < -0.4 is 0 Å². The Kier molecular flexibility index (Phi) is 3.67. The van der Waals surface area contributed by atoms with Crippen LogP contribution in [-0.4, -0.2) is 31.0 Å². The van der Waals surface area contributed by atoms with E-state index in [-0.39, 0.29) is 6.42 Å². The lowest BCUT2D eigenvalue weighted by Gasteiger charge is -2.12. The van der Waals surface area contributed by atoms with Gasteiger partial charge in [0.25, 0.3) is 0 Å². The minimum absolute atomic E-state index is 0.0250. The molecular weight excluding hydrogens is 295 g/mol. The van der Waals surface area contributed by atoms with Crippen molar-refractivity contribution in [2.24, 2.45) is 7.05 Å². The van der Waals surface area contributed by atoms with Crippen molar-refractivity contribution in [3.05, 3.63) is 42.7 Å². The van der Waals surface area contributed by atoms with Crippen molar-refractivity contribution in [3.8, 4) is 11.4 Å². The smallest absolute Gasteiger partial charge is 0.175 e. The number of imidazole rings is 1. The molecule has 0 saturated carbocycles. The first-order chi connectivity index (χ1) is 10.8. The first kappa shape index (κ1) is 15.3. The van der Waals surface area contributed by atoms with Crippen LogP contribution >= 0.6 is 0 Å². The van der Waals surface area contributed by atoms with E-state index < -0.39 is 11.5 Å². The molecule has 0 aliphatic carbocycles. The SMILES string of the molecule is Cn1cncc1-c1cc2cc(CC(=O)C(C)(C)F)ncc2cn1. The Hall–Kier alpha value is -2.63. The Bertz CT molecular complexity index is 880. The fourth-order valence-electron chi connectivity index (χ4n) is 2.30. The maximum absolute atomic E-state index is 13.7. The molecule has 0 aromatic carbocycles. The number of nitrogens with zero attached hydrogens (tertiary/aromatic N) is 4. The number of alkyl halides is 1. The number of carbonyl (C=O) groups excluding carboxylic acids is 1.